The van der Waals surface area contributed by atoms with Gasteiger partial charge in [0.05, 0.1) is 0 Å². The highest BCUT2D eigenvalue weighted by Gasteiger charge is 2.13. The third kappa shape index (κ3) is 3.24. The molecule has 0 atom stereocenters. The lowest BCUT2D eigenvalue weighted by Crippen LogP contribution is -2.25. The molecule has 0 aliphatic carbocycles. The number of nitrogens with one attached hydrogen (secondary N) is 1. The first kappa shape index (κ1) is 12.5. The summed E-state index contributed by atoms with van der Waals surface area (Å²) in [5.41, 5.74) is 4.15. The Hall–Kier alpha value is -0.990. The average Bonchev–Trinajstić information content (AvgIpc) is 2.29. The molecule has 0 bridgehead atoms. The molecule has 0 amide bonds. The minimum absolute atomic E-state index is 0.655. The van der Waals surface area contributed by atoms with Crippen LogP contribution in [0.25, 0.3) is 0 Å². The van der Waals surface area contributed by atoms with Crippen molar-refractivity contribution in [1.29, 1.82) is 0 Å². The fourth-order valence-electron chi connectivity index (χ4n) is 2.29. The van der Waals surface area contributed by atoms with Crippen molar-refractivity contribution < 1.29 is 0 Å². The third-order valence-electron chi connectivity index (χ3n) is 3.14. The Morgan fingerprint density at radius 3 is 3.12 bits per heavy atom. The van der Waals surface area contributed by atoms with Crippen molar-refractivity contribution in [3.05, 3.63) is 40.9 Å². The second kappa shape index (κ2) is 5.56. The van der Waals surface area contributed by atoms with E-state index in [4.69, 9.17) is 11.6 Å². The Labute approximate surface area is 108 Å². The summed E-state index contributed by atoms with van der Waals surface area (Å²) in [6, 6.07) is 6.71. The molecule has 92 valence electrons. The van der Waals surface area contributed by atoms with Gasteiger partial charge in [-0.3, -0.25) is 0 Å². The lowest BCUT2D eigenvalue weighted by Gasteiger charge is -2.27. The van der Waals surface area contributed by atoms with Gasteiger partial charge in [-0.25, -0.2) is 0 Å². The Morgan fingerprint density at radius 2 is 2.35 bits per heavy atom. The Bertz CT molecular complexity index is 415. The number of aryl methyl sites for hydroxylation is 1. The number of benzene rings is 1. The largest absolute Gasteiger partial charge is 0.374 e. The summed E-state index contributed by atoms with van der Waals surface area (Å²) in [5, 5.41) is 3.93. The molecule has 2 rings (SSSR count). The first-order valence-corrected chi connectivity index (χ1v) is 6.41. The quantitative estimate of drug-likeness (QED) is 0.884. The van der Waals surface area contributed by atoms with Crippen molar-refractivity contribution in [2.75, 3.05) is 25.0 Å². The topological polar surface area (TPSA) is 15.3 Å². The molecular formula is C14H19ClN2. The first-order chi connectivity index (χ1) is 8.16. The van der Waals surface area contributed by atoms with E-state index in [0.29, 0.717) is 11.6 Å². The molecule has 0 aromatic heterocycles. The normalized spacial score (nSPS) is 14.6. The van der Waals surface area contributed by atoms with Gasteiger partial charge in [0.15, 0.2) is 0 Å². The lowest BCUT2D eigenvalue weighted by atomic mass is 9.99. The number of hydrogen-bond acceptors (Lipinski definition) is 2. The van der Waals surface area contributed by atoms with Crippen LogP contribution in [0.3, 0.4) is 0 Å². The van der Waals surface area contributed by atoms with E-state index in [2.05, 4.69) is 42.0 Å². The van der Waals surface area contributed by atoms with Crippen LogP contribution >= 0.6 is 11.6 Å². The van der Waals surface area contributed by atoms with Crippen LogP contribution in [-0.4, -0.2) is 20.1 Å². The Morgan fingerprint density at radius 1 is 1.53 bits per heavy atom. The van der Waals surface area contributed by atoms with Crippen LogP contribution in [-0.2, 0) is 13.0 Å². The molecule has 0 fully saturated rings. The number of rotatable bonds is 4. The van der Waals surface area contributed by atoms with Crippen LogP contribution in [0, 0.1) is 0 Å². The maximum atomic E-state index is 5.71. The smallest absolute Gasteiger partial charge is 0.0396 e. The second-order valence-corrected chi connectivity index (χ2v) is 5.14. The average molecular weight is 251 g/mol. The van der Waals surface area contributed by atoms with Crippen molar-refractivity contribution in [3.8, 4) is 0 Å². The standard InChI is InChI=1S/C14H19ClN2/c1-11(15)9-16-10-12-5-6-14-13(8-12)4-3-7-17(14)2/h5-6,8,16H,1,3-4,7,9-10H2,2H3. The highest BCUT2D eigenvalue weighted by atomic mass is 35.5. The summed E-state index contributed by atoms with van der Waals surface area (Å²) >= 11 is 5.71. The molecule has 0 spiro atoms. The minimum Gasteiger partial charge on any atom is -0.374 e. The molecule has 0 unspecified atom stereocenters. The maximum absolute atomic E-state index is 5.71. The van der Waals surface area contributed by atoms with E-state index in [1.165, 1.54) is 29.7 Å². The molecule has 0 saturated heterocycles. The van der Waals surface area contributed by atoms with E-state index < -0.39 is 0 Å². The summed E-state index contributed by atoms with van der Waals surface area (Å²) < 4.78 is 0. The van der Waals surface area contributed by atoms with Crippen LogP contribution in [0.4, 0.5) is 5.69 Å². The van der Waals surface area contributed by atoms with Crippen LogP contribution in [0.1, 0.15) is 17.5 Å². The fraction of sp³-hybridized carbons (Fsp3) is 0.429. The highest BCUT2D eigenvalue weighted by molar-refractivity contribution is 6.29. The van der Waals surface area contributed by atoms with Crippen molar-refractivity contribution in [1.82, 2.24) is 5.32 Å². The molecule has 0 radical (unpaired) electrons. The second-order valence-electron chi connectivity index (χ2n) is 4.61. The zero-order valence-electron chi connectivity index (χ0n) is 10.3. The number of anilines is 1. The summed E-state index contributed by atoms with van der Waals surface area (Å²) in [6.45, 7) is 6.34. The number of fused-ring (bicyclic) bond motifs is 1. The SMILES string of the molecule is C=C(Cl)CNCc1ccc2c(c1)CCCN2C. The van der Waals surface area contributed by atoms with E-state index in [9.17, 15) is 0 Å². The van der Waals surface area contributed by atoms with Crippen LogP contribution in [0.15, 0.2) is 29.8 Å². The predicted molar refractivity (Wildman–Crippen MR) is 74.7 cm³/mol. The van der Waals surface area contributed by atoms with Crippen LogP contribution < -0.4 is 10.2 Å². The summed E-state index contributed by atoms with van der Waals surface area (Å²) in [5.74, 6) is 0. The monoisotopic (exact) mass is 250 g/mol. The van der Waals surface area contributed by atoms with Gasteiger partial charge in [0.1, 0.15) is 0 Å². The fourth-order valence-corrected chi connectivity index (χ4v) is 2.39. The first-order valence-electron chi connectivity index (χ1n) is 6.04. The van der Waals surface area contributed by atoms with Gasteiger partial charge in [-0.15, -0.1) is 0 Å². The molecule has 1 N–H and O–H groups in total. The molecule has 1 heterocycles. The van der Waals surface area contributed by atoms with Gasteiger partial charge < -0.3 is 10.2 Å². The van der Waals surface area contributed by atoms with Crippen LogP contribution in [0.2, 0.25) is 0 Å². The molecule has 3 heteroatoms. The number of nitrogens with zero attached hydrogens (tertiary/aromatic N) is 1. The van der Waals surface area contributed by atoms with Crippen molar-refractivity contribution in [3.63, 3.8) is 0 Å². The molecule has 1 aliphatic rings. The van der Waals surface area contributed by atoms with E-state index in [0.717, 1.165) is 13.1 Å². The Balaban J connectivity index is 2.03. The molecular weight excluding hydrogens is 232 g/mol. The molecule has 0 saturated carbocycles. The van der Waals surface area contributed by atoms with E-state index >= 15 is 0 Å². The van der Waals surface area contributed by atoms with Gasteiger partial charge in [0.2, 0.25) is 0 Å². The highest BCUT2D eigenvalue weighted by Crippen LogP contribution is 2.26. The van der Waals surface area contributed by atoms with Crippen molar-refractivity contribution >= 4 is 17.3 Å². The van der Waals surface area contributed by atoms with E-state index in [-0.39, 0.29) is 0 Å². The zero-order valence-corrected chi connectivity index (χ0v) is 11.1. The van der Waals surface area contributed by atoms with Gasteiger partial charge in [-0.05, 0) is 30.0 Å². The Kier molecular flexibility index (Phi) is 4.08. The lowest BCUT2D eigenvalue weighted by molar-refractivity contribution is 0.730. The van der Waals surface area contributed by atoms with Gasteiger partial charge in [-0.2, -0.15) is 0 Å². The van der Waals surface area contributed by atoms with Crippen molar-refractivity contribution in [2.24, 2.45) is 0 Å². The van der Waals surface area contributed by atoms with Gasteiger partial charge in [0, 0.05) is 37.4 Å². The summed E-state index contributed by atoms with van der Waals surface area (Å²) in [6.07, 6.45) is 2.44. The molecule has 1 aliphatic heterocycles. The molecule has 1 aromatic rings. The molecule has 17 heavy (non-hydrogen) atoms. The van der Waals surface area contributed by atoms with Crippen LogP contribution in [0.5, 0.6) is 0 Å². The van der Waals surface area contributed by atoms with Gasteiger partial charge in [0.25, 0.3) is 0 Å². The number of halogens is 1. The molecule has 2 nitrogen and oxygen atoms in total. The summed E-state index contributed by atoms with van der Waals surface area (Å²) in [4.78, 5) is 2.33. The molecule has 1 aromatic carbocycles. The predicted octanol–water partition coefficient (Wildman–Crippen LogP) is 2.91. The van der Waals surface area contributed by atoms with Crippen molar-refractivity contribution in [2.45, 2.75) is 19.4 Å². The van der Waals surface area contributed by atoms with E-state index in [1.54, 1.807) is 0 Å². The van der Waals surface area contributed by atoms with Gasteiger partial charge in [-0.1, -0.05) is 30.3 Å². The summed E-state index contributed by atoms with van der Waals surface area (Å²) in [7, 11) is 2.16. The minimum atomic E-state index is 0.655. The number of hydrogen-bond donors (Lipinski definition) is 1. The van der Waals surface area contributed by atoms with E-state index in [1.807, 2.05) is 0 Å². The zero-order chi connectivity index (χ0) is 12.3. The third-order valence-corrected chi connectivity index (χ3v) is 3.27. The maximum Gasteiger partial charge on any atom is 0.0396 e. The van der Waals surface area contributed by atoms with Gasteiger partial charge >= 0.3 is 0 Å².